The molecule has 0 spiro atoms. The van der Waals surface area contributed by atoms with E-state index in [4.69, 9.17) is 0 Å². The summed E-state index contributed by atoms with van der Waals surface area (Å²) in [5, 5.41) is 3.36. The molecule has 0 bridgehead atoms. The van der Waals surface area contributed by atoms with E-state index in [9.17, 15) is 9.18 Å². The summed E-state index contributed by atoms with van der Waals surface area (Å²) in [5.41, 5.74) is 2.43. The van der Waals surface area contributed by atoms with Crippen LogP contribution >= 0.6 is 11.3 Å². The summed E-state index contributed by atoms with van der Waals surface area (Å²) >= 11 is 1.40. The Morgan fingerprint density at radius 3 is 2.83 bits per heavy atom. The third kappa shape index (κ3) is 3.81. The van der Waals surface area contributed by atoms with Gasteiger partial charge in [0.1, 0.15) is 5.82 Å². The van der Waals surface area contributed by atoms with E-state index in [2.05, 4.69) is 10.3 Å². The van der Waals surface area contributed by atoms with Crippen molar-refractivity contribution in [3.05, 3.63) is 82.1 Å². The van der Waals surface area contributed by atoms with Crippen LogP contribution in [-0.4, -0.2) is 10.9 Å². The molecule has 0 atom stereocenters. The molecule has 2 aromatic carbocycles. The largest absolute Gasteiger partial charge is 0.298 e. The molecule has 1 aromatic heterocycles. The van der Waals surface area contributed by atoms with E-state index < -0.39 is 0 Å². The molecule has 3 aromatic rings. The normalized spacial score (nSPS) is 10.5. The van der Waals surface area contributed by atoms with Crippen molar-refractivity contribution in [1.29, 1.82) is 0 Å². The van der Waals surface area contributed by atoms with Gasteiger partial charge in [0.05, 0.1) is 0 Å². The number of aryl methyl sites for hydroxylation is 1. The molecule has 0 aliphatic heterocycles. The van der Waals surface area contributed by atoms with Crippen LogP contribution in [0, 0.1) is 12.7 Å². The zero-order chi connectivity index (χ0) is 16.2. The van der Waals surface area contributed by atoms with Gasteiger partial charge in [0.2, 0.25) is 0 Å². The lowest BCUT2D eigenvalue weighted by Gasteiger charge is -2.04. The SMILES string of the molecule is Cc1ccccc1C(=O)Nc1ncc(Cc2cccc(F)c2)s1. The van der Waals surface area contributed by atoms with Crippen LogP contribution in [0.5, 0.6) is 0 Å². The predicted molar refractivity (Wildman–Crippen MR) is 90.5 cm³/mol. The minimum absolute atomic E-state index is 0.172. The first kappa shape index (κ1) is 15.4. The van der Waals surface area contributed by atoms with E-state index in [0.717, 1.165) is 16.0 Å². The maximum atomic E-state index is 13.2. The van der Waals surface area contributed by atoms with E-state index in [0.29, 0.717) is 17.1 Å². The highest BCUT2D eigenvalue weighted by molar-refractivity contribution is 7.15. The zero-order valence-electron chi connectivity index (χ0n) is 12.5. The van der Waals surface area contributed by atoms with Crippen molar-refractivity contribution in [2.24, 2.45) is 0 Å². The van der Waals surface area contributed by atoms with Crippen molar-refractivity contribution < 1.29 is 9.18 Å². The highest BCUT2D eigenvalue weighted by Crippen LogP contribution is 2.22. The number of rotatable bonds is 4. The Balaban J connectivity index is 1.70. The van der Waals surface area contributed by atoms with Gasteiger partial charge >= 0.3 is 0 Å². The highest BCUT2D eigenvalue weighted by Gasteiger charge is 2.11. The number of amides is 1. The van der Waals surface area contributed by atoms with Gasteiger partial charge in [-0.25, -0.2) is 9.37 Å². The lowest BCUT2D eigenvalue weighted by molar-refractivity contribution is 0.102. The number of hydrogen-bond donors (Lipinski definition) is 1. The lowest BCUT2D eigenvalue weighted by atomic mass is 10.1. The Hall–Kier alpha value is -2.53. The standard InChI is InChI=1S/C18H15FN2OS/c1-12-5-2-3-8-16(12)17(22)21-18-20-11-15(23-18)10-13-6-4-7-14(19)9-13/h2-9,11H,10H2,1H3,(H,20,21,22). The summed E-state index contributed by atoms with van der Waals surface area (Å²) in [7, 11) is 0. The molecule has 0 aliphatic rings. The second-order valence-electron chi connectivity index (χ2n) is 5.21. The van der Waals surface area contributed by atoms with Gasteiger partial charge in [-0.3, -0.25) is 10.1 Å². The molecule has 116 valence electrons. The van der Waals surface area contributed by atoms with Gasteiger partial charge in [-0.2, -0.15) is 0 Å². The van der Waals surface area contributed by atoms with Gasteiger partial charge < -0.3 is 0 Å². The molecule has 1 heterocycles. The van der Waals surface area contributed by atoms with Gasteiger partial charge in [0.15, 0.2) is 5.13 Å². The number of halogens is 1. The van der Waals surface area contributed by atoms with Crippen molar-refractivity contribution >= 4 is 22.4 Å². The summed E-state index contributed by atoms with van der Waals surface area (Å²) in [6.07, 6.45) is 2.30. The second kappa shape index (κ2) is 6.71. The summed E-state index contributed by atoms with van der Waals surface area (Å²) in [4.78, 5) is 17.4. The molecule has 1 amide bonds. The lowest BCUT2D eigenvalue weighted by Crippen LogP contribution is -2.12. The Labute approximate surface area is 137 Å². The first-order chi connectivity index (χ1) is 11.1. The van der Waals surface area contributed by atoms with Crippen LogP contribution in [0.4, 0.5) is 9.52 Å². The molecule has 23 heavy (non-hydrogen) atoms. The Morgan fingerprint density at radius 1 is 1.22 bits per heavy atom. The van der Waals surface area contributed by atoms with Crippen LogP contribution in [-0.2, 0) is 6.42 Å². The fourth-order valence-corrected chi connectivity index (χ4v) is 3.13. The van der Waals surface area contributed by atoms with Crippen molar-refractivity contribution in [2.75, 3.05) is 5.32 Å². The van der Waals surface area contributed by atoms with E-state index in [-0.39, 0.29) is 11.7 Å². The molecule has 0 saturated carbocycles. The molecule has 5 heteroatoms. The molecule has 0 unspecified atom stereocenters. The zero-order valence-corrected chi connectivity index (χ0v) is 13.4. The molecule has 0 saturated heterocycles. The Morgan fingerprint density at radius 2 is 2.04 bits per heavy atom. The third-order valence-electron chi connectivity index (χ3n) is 3.43. The maximum Gasteiger partial charge on any atom is 0.257 e. The smallest absolute Gasteiger partial charge is 0.257 e. The van der Waals surface area contributed by atoms with Crippen molar-refractivity contribution in [3.8, 4) is 0 Å². The number of hydrogen-bond acceptors (Lipinski definition) is 3. The number of nitrogens with zero attached hydrogens (tertiary/aromatic N) is 1. The fourth-order valence-electron chi connectivity index (χ4n) is 2.29. The van der Waals surface area contributed by atoms with Gasteiger partial charge in [-0.15, -0.1) is 11.3 Å². The fraction of sp³-hybridized carbons (Fsp3) is 0.111. The van der Waals surface area contributed by atoms with Gasteiger partial charge in [-0.05, 0) is 36.2 Å². The second-order valence-corrected chi connectivity index (χ2v) is 6.32. The van der Waals surface area contributed by atoms with E-state index in [1.165, 1.54) is 23.5 Å². The summed E-state index contributed by atoms with van der Waals surface area (Å²) < 4.78 is 13.2. The first-order valence-electron chi connectivity index (χ1n) is 7.18. The number of carbonyl (C=O) groups excluding carboxylic acids is 1. The molecule has 3 nitrogen and oxygen atoms in total. The number of benzene rings is 2. The minimum Gasteiger partial charge on any atom is -0.298 e. The van der Waals surface area contributed by atoms with Crippen LogP contribution in [0.3, 0.4) is 0 Å². The van der Waals surface area contributed by atoms with Crippen LogP contribution in [0.2, 0.25) is 0 Å². The van der Waals surface area contributed by atoms with E-state index in [1.807, 2.05) is 31.2 Å². The number of nitrogens with one attached hydrogen (secondary N) is 1. The van der Waals surface area contributed by atoms with Crippen molar-refractivity contribution in [3.63, 3.8) is 0 Å². The molecule has 0 aliphatic carbocycles. The topological polar surface area (TPSA) is 42.0 Å². The van der Waals surface area contributed by atoms with Gasteiger partial charge in [0, 0.05) is 23.1 Å². The first-order valence-corrected chi connectivity index (χ1v) is 7.99. The minimum atomic E-state index is -0.250. The maximum absolute atomic E-state index is 13.2. The average Bonchev–Trinajstić information content (AvgIpc) is 2.94. The summed E-state index contributed by atoms with van der Waals surface area (Å²) in [6, 6.07) is 13.9. The number of aromatic nitrogens is 1. The van der Waals surface area contributed by atoms with E-state index >= 15 is 0 Å². The molecule has 0 fully saturated rings. The molecule has 1 N–H and O–H groups in total. The van der Waals surface area contributed by atoms with Crippen LogP contribution in [0.1, 0.15) is 26.4 Å². The summed E-state index contributed by atoms with van der Waals surface area (Å²) in [5.74, 6) is -0.421. The Kier molecular flexibility index (Phi) is 4.48. The van der Waals surface area contributed by atoms with Crippen LogP contribution in [0.25, 0.3) is 0 Å². The van der Waals surface area contributed by atoms with Crippen molar-refractivity contribution in [2.45, 2.75) is 13.3 Å². The molecular weight excluding hydrogens is 311 g/mol. The molecule has 0 radical (unpaired) electrons. The Bertz CT molecular complexity index is 844. The monoisotopic (exact) mass is 326 g/mol. The average molecular weight is 326 g/mol. The summed E-state index contributed by atoms with van der Waals surface area (Å²) in [6.45, 7) is 1.89. The van der Waals surface area contributed by atoms with E-state index in [1.54, 1.807) is 18.3 Å². The third-order valence-corrected chi connectivity index (χ3v) is 4.34. The number of carbonyl (C=O) groups is 1. The predicted octanol–water partition coefficient (Wildman–Crippen LogP) is 4.43. The highest BCUT2D eigenvalue weighted by atomic mass is 32.1. The van der Waals surface area contributed by atoms with Gasteiger partial charge in [-0.1, -0.05) is 30.3 Å². The van der Waals surface area contributed by atoms with Crippen LogP contribution < -0.4 is 5.32 Å². The van der Waals surface area contributed by atoms with Crippen molar-refractivity contribution in [1.82, 2.24) is 4.98 Å². The van der Waals surface area contributed by atoms with Crippen LogP contribution in [0.15, 0.2) is 54.7 Å². The number of anilines is 1. The number of thiazole rings is 1. The van der Waals surface area contributed by atoms with Gasteiger partial charge in [0.25, 0.3) is 5.91 Å². The quantitative estimate of drug-likeness (QED) is 0.770. The molecule has 3 rings (SSSR count). The molecular formula is C18H15FN2OS.